The third kappa shape index (κ3) is 3.60. The summed E-state index contributed by atoms with van der Waals surface area (Å²) in [7, 11) is 0. The molecular weight excluding hydrogens is 238 g/mol. The molecule has 6 nitrogen and oxygen atoms in total. The van der Waals surface area contributed by atoms with Gasteiger partial charge in [-0.1, -0.05) is 13.8 Å². The molecule has 1 rings (SSSR count). The van der Waals surface area contributed by atoms with E-state index in [1.807, 2.05) is 13.8 Å². The topological polar surface area (TPSA) is 76.1 Å². The molecule has 1 aliphatic rings. The van der Waals surface area contributed by atoms with Gasteiger partial charge >= 0.3 is 12.1 Å². The van der Waals surface area contributed by atoms with Crippen molar-refractivity contribution in [3.05, 3.63) is 0 Å². The van der Waals surface area contributed by atoms with Gasteiger partial charge in [0.1, 0.15) is 5.60 Å². The van der Waals surface area contributed by atoms with Gasteiger partial charge in [0.05, 0.1) is 6.04 Å². The van der Waals surface area contributed by atoms with Gasteiger partial charge in [0.15, 0.2) is 6.10 Å². The third-order valence-corrected chi connectivity index (χ3v) is 2.62. The van der Waals surface area contributed by atoms with Crippen LogP contribution in [0.5, 0.6) is 0 Å². The van der Waals surface area contributed by atoms with Crippen LogP contribution in [0, 0.1) is 5.92 Å². The molecule has 1 aliphatic heterocycles. The lowest BCUT2D eigenvalue weighted by atomic mass is 9.99. The maximum atomic E-state index is 11.9. The lowest BCUT2D eigenvalue weighted by Crippen LogP contribution is -2.41. The summed E-state index contributed by atoms with van der Waals surface area (Å²) >= 11 is 0. The normalized spacial score (nSPS) is 24.4. The second kappa shape index (κ2) is 5.14. The van der Waals surface area contributed by atoms with Crippen molar-refractivity contribution in [1.82, 2.24) is 5.06 Å². The van der Waals surface area contributed by atoms with Crippen molar-refractivity contribution < 1.29 is 24.3 Å². The quantitative estimate of drug-likeness (QED) is 0.821. The first kappa shape index (κ1) is 14.8. The molecule has 0 spiro atoms. The van der Waals surface area contributed by atoms with Gasteiger partial charge in [-0.15, -0.1) is 0 Å². The molecule has 104 valence electrons. The van der Waals surface area contributed by atoms with Crippen LogP contribution in [0.2, 0.25) is 0 Å². The Balaban J connectivity index is 2.78. The van der Waals surface area contributed by atoms with E-state index in [0.29, 0.717) is 0 Å². The van der Waals surface area contributed by atoms with Crippen molar-refractivity contribution in [2.75, 3.05) is 0 Å². The van der Waals surface area contributed by atoms with Gasteiger partial charge in [-0.2, -0.15) is 5.06 Å². The van der Waals surface area contributed by atoms with Gasteiger partial charge in [-0.3, -0.25) is 4.84 Å². The molecule has 1 N–H and O–H groups in total. The molecule has 0 aliphatic carbocycles. The number of hydrogen-bond donors (Lipinski definition) is 1. The molecule has 1 unspecified atom stereocenters. The highest BCUT2D eigenvalue weighted by molar-refractivity contribution is 5.74. The van der Waals surface area contributed by atoms with E-state index in [2.05, 4.69) is 0 Å². The van der Waals surface area contributed by atoms with Crippen LogP contribution in [-0.4, -0.2) is 40.0 Å². The molecule has 0 aromatic heterocycles. The molecule has 1 heterocycles. The first-order valence-electron chi connectivity index (χ1n) is 6.03. The Morgan fingerprint density at radius 2 is 1.94 bits per heavy atom. The number of hydrogen-bond acceptors (Lipinski definition) is 4. The highest BCUT2D eigenvalue weighted by Crippen LogP contribution is 2.28. The van der Waals surface area contributed by atoms with Gasteiger partial charge in [0.2, 0.25) is 0 Å². The SMILES string of the molecule is CC(C)[C@H]1CC(C(=O)O)ON1C(=O)OC(C)(C)C. The summed E-state index contributed by atoms with van der Waals surface area (Å²) in [6.07, 6.45) is -1.33. The van der Waals surface area contributed by atoms with Crippen molar-refractivity contribution in [3.63, 3.8) is 0 Å². The number of carboxylic acid groups (broad SMARTS) is 1. The summed E-state index contributed by atoms with van der Waals surface area (Å²) in [6.45, 7) is 9.07. The van der Waals surface area contributed by atoms with Gasteiger partial charge in [-0.05, 0) is 26.7 Å². The standard InChI is InChI=1S/C12H21NO5/c1-7(2)8-6-9(10(14)15)18-13(8)11(16)17-12(3,4)5/h7-9H,6H2,1-5H3,(H,14,15)/t8-,9?/m1/s1. The van der Waals surface area contributed by atoms with E-state index in [9.17, 15) is 9.59 Å². The van der Waals surface area contributed by atoms with E-state index in [-0.39, 0.29) is 18.4 Å². The molecule has 0 bridgehead atoms. The van der Waals surface area contributed by atoms with E-state index in [4.69, 9.17) is 14.7 Å². The van der Waals surface area contributed by atoms with Crippen LogP contribution in [0.25, 0.3) is 0 Å². The Kier molecular flexibility index (Phi) is 4.21. The van der Waals surface area contributed by atoms with Crippen molar-refractivity contribution in [1.29, 1.82) is 0 Å². The number of carboxylic acids is 1. The fourth-order valence-electron chi connectivity index (χ4n) is 1.75. The highest BCUT2D eigenvalue weighted by atomic mass is 16.8. The Labute approximate surface area is 107 Å². The summed E-state index contributed by atoms with van der Waals surface area (Å²) in [5, 5.41) is 10.0. The second-order valence-corrected chi connectivity index (χ2v) is 5.79. The van der Waals surface area contributed by atoms with Crippen LogP contribution >= 0.6 is 0 Å². The van der Waals surface area contributed by atoms with Gasteiger partial charge in [0, 0.05) is 6.42 Å². The summed E-state index contributed by atoms with van der Waals surface area (Å²) in [4.78, 5) is 28.0. The maximum Gasteiger partial charge on any atom is 0.434 e. The van der Waals surface area contributed by atoms with E-state index < -0.39 is 23.8 Å². The lowest BCUT2D eigenvalue weighted by Gasteiger charge is -2.28. The molecule has 6 heteroatoms. The fraction of sp³-hybridized carbons (Fsp3) is 0.833. The number of aliphatic carboxylic acids is 1. The Bertz CT molecular complexity index is 334. The van der Waals surface area contributed by atoms with Gasteiger partial charge in [-0.25, -0.2) is 9.59 Å². The summed E-state index contributed by atoms with van der Waals surface area (Å²) in [6, 6.07) is -0.277. The number of amides is 1. The minimum atomic E-state index is -1.06. The van der Waals surface area contributed by atoms with E-state index in [1.165, 1.54) is 0 Å². The van der Waals surface area contributed by atoms with Crippen LogP contribution in [-0.2, 0) is 14.4 Å². The maximum absolute atomic E-state index is 11.9. The van der Waals surface area contributed by atoms with Crippen LogP contribution in [0.3, 0.4) is 0 Å². The third-order valence-electron chi connectivity index (χ3n) is 2.62. The number of hydroxylamine groups is 2. The second-order valence-electron chi connectivity index (χ2n) is 5.79. The van der Waals surface area contributed by atoms with Crippen molar-refractivity contribution in [2.24, 2.45) is 5.92 Å². The average molecular weight is 259 g/mol. The number of nitrogens with zero attached hydrogens (tertiary/aromatic N) is 1. The number of carbonyl (C=O) groups excluding carboxylic acids is 1. The molecule has 1 saturated heterocycles. The molecule has 0 radical (unpaired) electrons. The average Bonchev–Trinajstić information content (AvgIpc) is 2.58. The van der Waals surface area contributed by atoms with Crippen LogP contribution in [0.1, 0.15) is 41.0 Å². The fourth-order valence-corrected chi connectivity index (χ4v) is 1.75. The zero-order valence-corrected chi connectivity index (χ0v) is 11.5. The number of rotatable bonds is 2. The van der Waals surface area contributed by atoms with Crippen LogP contribution in [0.15, 0.2) is 0 Å². The molecule has 2 atom stereocenters. The molecule has 0 saturated carbocycles. The summed E-state index contributed by atoms with van der Waals surface area (Å²) in [5.74, 6) is -0.964. The highest BCUT2D eigenvalue weighted by Gasteiger charge is 2.43. The van der Waals surface area contributed by atoms with Crippen molar-refractivity contribution in [2.45, 2.75) is 58.8 Å². The number of carbonyl (C=O) groups is 2. The molecule has 0 aromatic carbocycles. The monoisotopic (exact) mass is 259 g/mol. The molecule has 1 amide bonds. The lowest BCUT2D eigenvalue weighted by molar-refractivity contribution is -0.178. The zero-order chi connectivity index (χ0) is 14.1. The predicted molar refractivity (Wildman–Crippen MR) is 63.8 cm³/mol. The zero-order valence-electron chi connectivity index (χ0n) is 11.5. The molecular formula is C12H21NO5. The number of ether oxygens (including phenoxy) is 1. The Morgan fingerprint density at radius 1 is 1.39 bits per heavy atom. The van der Waals surface area contributed by atoms with Crippen LogP contribution in [0.4, 0.5) is 4.79 Å². The first-order chi connectivity index (χ1) is 8.11. The molecule has 18 heavy (non-hydrogen) atoms. The smallest absolute Gasteiger partial charge is 0.434 e. The van der Waals surface area contributed by atoms with E-state index in [1.54, 1.807) is 20.8 Å². The van der Waals surface area contributed by atoms with E-state index in [0.717, 1.165) is 5.06 Å². The van der Waals surface area contributed by atoms with E-state index >= 15 is 0 Å². The first-order valence-corrected chi connectivity index (χ1v) is 6.03. The van der Waals surface area contributed by atoms with Gasteiger partial charge < -0.3 is 9.84 Å². The summed E-state index contributed by atoms with van der Waals surface area (Å²) < 4.78 is 5.20. The molecule has 0 aromatic rings. The molecule has 1 fully saturated rings. The Hall–Kier alpha value is -1.30. The van der Waals surface area contributed by atoms with Crippen molar-refractivity contribution >= 4 is 12.1 Å². The minimum Gasteiger partial charge on any atom is -0.479 e. The minimum absolute atomic E-state index is 0.0990. The van der Waals surface area contributed by atoms with Crippen molar-refractivity contribution in [3.8, 4) is 0 Å². The summed E-state index contributed by atoms with van der Waals surface area (Å²) in [5.41, 5.74) is -0.636. The van der Waals surface area contributed by atoms with Crippen LogP contribution < -0.4 is 0 Å². The van der Waals surface area contributed by atoms with Gasteiger partial charge in [0.25, 0.3) is 0 Å². The predicted octanol–water partition coefficient (Wildman–Crippen LogP) is 2.04. The Morgan fingerprint density at radius 3 is 2.33 bits per heavy atom. The largest absolute Gasteiger partial charge is 0.479 e.